The number of nitrogens with one attached hydrogen (secondary N) is 1. The summed E-state index contributed by atoms with van der Waals surface area (Å²) >= 11 is 0. The maximum atomic E-state index is 13.4. The number of carbonyl (C=O) groups excluding carboxylic acids is 2. The van der Waals surface area contributed by atoms with Gasteiger partial charge < -0.3 is 25.0 Å². The highest BCUT2D eigenvalue weighted by Gasteiger charge is 2.42. The maximum absolute atomic E-state index is 13.4. The van der Waals surface area contributed by atoms with Gasteiger partial charge >= 0.3 is 12.0 Å². The van der Waals surface area contributed by atoms with Crippen molar-refractivity contribution < 1.29 is 24.2 Å². The Kier molecular flexibility index (Phi) is 8.63. The molecule has 2 aromatic rings. The van der Waals surface area contributed by atoms with E-state index in [1.54, 1.807) is 13.8 Å². The molecular weight excluding hydrogens is 510 g/mol. The van der Waals surface area contributed by atoms with E-state index in [2.05, 4.69) is 32.3 Å². The lowest BCUT2D eigenvalue weighted by molar-refractivity contribution is -0.139. The second-order valence-electron chi connectivity index (χ2n) is 11.5. The highest BCUT2D eigenvalue weighted by atomic mass is 16.5. The molecule has 0 radical (unpaired) electrons. The van der Waals surface area contributed by atoms with Crippen LogP contribution in [0.2, 0.25) is 0 Å². The van der Waals surface area contributed by atoms with E-state index >= 15 is 0 Å². The summed E-state index contributed by atoms with van der Waals surface area (Å²) in [7, 11) is 0. The van der Waals surface area contributed by atoms with Gasteiger partial charge in [-0.2, -0.15) is 9.97 Å². The molecule has 2 saturated heterocycles. The van der Waals surface area contributed by atoms with Gasteiger partial charge in [-0.15, -0.1) is 0 Å². The molecule has 1 aromatic heterocycles. The fraction of sp³-hybridized carbons (Fsp3) is 0.567. The monoisotopic (exact) mass is 549 g/mol. The van der Waals surface area contributed by atoms with Gasteiger partial charge in [-0.25, -0.2) is 4.79 Å². The summed E-state index contributed by atoms with van der Waals surface area (Å²) in [5.41, 5.74) is 2.59. The SMILES string of the molecule is Cc1nc(OCC(=O)O)nc(C)c1C(=O)N1CC2CN(CCC(NC(=O)C3CCCC3)c3ccccc3)CC2C1. The highest BCUT2D eigenvalue weighted by Crippen LogP contribution is 2.33. The number of nitrogens with zero attached hydrogens (tertiary/aromatic N) is 4. The van der Waals surface area contributed by atoms with Crippen LogP contribution in [0.25, 0.3) is 0 Å². The zero-order valence-electron chi connectivity index (χ0n) is 23.3. The molecule has 40 heavy (non-hydrogen) atoms. The number of aryl methyl sites for hydroxylation is 2. The molecule has 1 saturated carbocycles. The minimum absolute atomic E-state index is 0.00113. The van der Waals surface area contributed by atoms with E-state index in [1.807, 2.05) is 23.1 Å². The Labute approximate surface area is 235 Å². The first-order valence-electron chi connectivity index (χ1n) is 14.3. The van der Waals surface area contributed by atoms with Gasteiger partial charge in [0.15, 0.2) is 6.61 Å². The number of carbonyl (C=O) groups is 3. The van der Waals surface area contributed by atoms with Crippen molar-refractivity contribution in [2.24, 2.45) is 17.8 Å². The number of likely N-dealkylation sites (tertiary alicyclic amines) is 2. The zero-order valence-corrected chi connectivity index (χ0v) is 23.3. The Morgan fingerprint density at radius 2 is 1.62 bits per heavy atom. The molecule has 1 aliphatic carbocycles. The number of aliphatic carboxylic acids is 1. The molecule has 214 valence electrons. The van der Waals surface area contributed by atoms with E-state index in [1.165, 1.54) is 0 Å². The summed E-state index contributed by atoms with van der Waals surface area (Å²) in [6, 6.07) is 10.2. The molecular formula is C30H39N5O5. The Balaban J connectivity index is 1.16. The smallest absolute Gasteiger partial charge is 0.341 e. The van der Waals surface area contributed by atoms with E-state index in [9.17, 15) is 14.4 Å². The van der Waals surface area contributed by atoms with Gasteiger partial charge in [0.05, 0.1) is 23.0 Å². The molecule has 2 amide bonds. The van der Waals surface area contributed by atoms with E-state index in [-0.39, 0.29) is 29.8 Å². The van der Waals surface area contributed by atoms with Crippen LogP contribution in [0.4, 0.5) is 0 Å². The van der Waals surface area contributed by atoms with Crippen LogP contribution < -0.4 is 10.1 Å². The largest absolute Gasteiger partial charge is 0.479 e. The topological polar surface area (TPSA) is 125 Å². The van der Waals surface area contributed by atoms with Crippen LogP contribution in [-0.2, 0) is 9.59 Å². The third kappa shape index (κ3) is 6.43. The van der Waals surface area contributed by atoms with E-state index < -0.39 is 12.6 Å². The van der Waals surface area contributed by atoms with Gasteiger partial charge in [0.25, 0.3) is 5.91 Å². The number of hydrogen-bond acceptors (Lipinski definition) is 7. The quantitative estimate of drug-likeness (QED) is 0.464. The van der Waals surface area contributed by atoms with Gasteiger partial charge in [-0.3, -0.25) is 9.59 Å². The Hall–Kier alpha value is -3.53. The van der Waals surface area contributed by atoms with Crippen molar-refractivity contribution in [3.8, 4) is 6.01 Å². The van der Waals surface area contributed by atoms with E-state index in [0.29, 0.717) is 41.9 Å². The predicted molar refractivity (Wildman–Crippen MR) is 148 cm³/mol. The maximum Gasteiger partial charge on any atom is 0.341 e. The second kappa shape index (κ2) is 12.3. The van der Waals surface area contributed by atoms with Crippen LogP contribution in [0.5, 0.6) is 6.01 Å². The van der Waals surface area contributed by atoms with Gasteiger partial charge in [0, 0.05) is 38.6 Å². The molecule has 10 heteroatoms. The van der Waals surface area contributed by atoms with Crippen LogP contribution in [0, 0.1) is 31.6 Å². The average Bonchev–Trinajstić information content (AvgIpc) is 3.67. The van der Waals surface area contributed by atoms with Gasteiger partial charge in [0.2, 0.25) is 5.91 Å². The first-order valence-corrected chi connectivity index (χ1v) is 14.3. The van der Waals surface area contributed by atoms with Crippen LogP contribution in [-0.4, -0.2) is 82.0 Å². The highest BCUT2D eigenvalue weighted by molar-refractivity contribution is 5.96. The van der Waals surface area contributed by atoms with Crippen molar-refractivity contribution in [2.45, 2.75) is 52.0 Å². The van der Waals surface area contributed by atoms with E-state index in [4.69, 9.17) is 9.84 Å². The number of carboxylic acid groups (broad SMARTS) is 1. The lowest BCUT2D eigenvalue weighted by Gasteiger charge is -2.26. The molecule has 3 heterocycles. The minimum Gasteiger partial charge on any atom is -0.479 e. The lowest BCUT2D eigenvalue weighted by Crippen LogP contribution is -2.37. The number of aromatic nitrogens is 2. The van der Waals surface area contributed by atoms with Crippen molar-refractivity contribution in [2.75, 3.05) is 39.3 Å². The number of benzene rings is 1. The van der Waals surface area contributed by atoms with E-state index in [0.717, 1.165) is 57.3 Å². The Morgan fingerprint density at radius 1 is 1.00 bits per heavy atom. The number of rotatable bonds is 10. The van der Waals surface area contributed by atoms with Crippen LogP contribution >= 0.6 is 0 Å². The molecule has 0 bridgehead atoms. The van der Waals surface area contributed by atoms with Crippen molar-refractivity contribution in [3.05, 3.63) is 52.8 Å². The number of ether oxygens (including phenoxy) is 1. The second-order valence-corrected chi connectivity index (χ2v) is 11.5. The Bertz CT molecular complexity index is 1200. The van der Waals surface area contributed by atoms with Crippen molar-refractivity contribution in [3.63, 3.8) is 0 Å². The Morgan fingerprint density at radius 3 is 2.23 bits per heavy atom. The molecule has 1 aromatic carbocycles. The molecule has 0 spiro atoms. The standard InChI is InChI=1S/C30H39N5O5/c1-19-27(20(2)32-30(31-19)40-18-26(36)37)29(39)35-16-23-14-34(15-24(23)17-35)13-12-25(21-8-4-3-5-9-21)33-28(38)22-10-6-7-11-22/h3-5,8-9,22-25H,6-7,10-18H2,1-2H3,(H,33,38)(H,36,37). The molecule has 3 unspecified atom stereocenters. The van der Waals surface area contributed by atoms with Crippen LogP contribution in [0.1, 0.15) is 65.5 Å². The predicted octanol–water partition coefficient (Wildman–Crippen LogP) is 3.00. The van der Waals surface area contributed by atoms with Gasteiger partial charge in [0.1, 0.15) is 0 Å². The summed E-state index contributed by atoms with van der Waals surface area (Å²) < 4.78 is 5.10. The number of carboxylic acids is 1. The number of amides is 2. The van der Waals surface area contributed by atoms with Crippen LogP contribution in [0.15, 0.2) is 30.3 Å². The third-order valence-corrected chi connectivity index (χ3v) is 8.62. The summed E-state index contributed by atoms with van der Waals surface area (Å²) in [4.78, 5) is 49.9. The summed E-state index contributed by atoms with van der Waals surface area (Å²) in [5.74, 6) is -0.0405. The third-order valence-electron chi connectivity index (χ3n) is 8.62. The summed E-state index contributed by atoms with van der Waals surface area (Å²) in [5, 5.41) is 12.2. The van der Waals surface area contributed by atoms with Crippen molar-refractivity contribution in [1.82, 2.24) is 25.1 Å². The first kappa shape index (κ1) is 28.0. The average molecular weight is 550 g/mol. The molecule has 2 N–H and O–H groups in total. The molecule has 10 nitrogen and oxygen atoms in total. The first-order chi connectivity index (χ1) is 19.3. The number of hydrogen-bond donors (Lipinski definition) is 2. The molecule has 3 atom stereocenters. The fourth-order valence-electron chi connectivity index (χ4n) is 6.58. The fourth-order valence-corrected chi connectivity index (χ4v) is 6.58. The summed E-state index contributed by atoms with van der Waals surface area (Å²) in [6.07, 6.45) is 5.13. The van der Waals surface area contributed by atoms with Crippen molar-refractivity contribution >= 4 is 17.8 Å². The summed E-state index contributed by atoms with van der Waals surface area (Å²) in [6.45, 7) is 7.07. The zero-order chi connectivity index (χ0) is 28.2. The molecule has 5 rings (SSSR count). The van der Waals surface area contributed by atoms with Crippen molar-refractivity contribution in [1.29, 1.82) is 0 Å². The normalized spacial score (nSPS) is 21.8. The molecule has 3 fully saturated rings. The van der Waals surface area contributed by atoms with Gasteiger partial charge in [-0.05, 0) is 50.5 Å². The van der Waals surface area contributed by atoms with Gasteiger partial charge in [-0.1, -0.05) is 43.2 Å². The number of fused-ring (bicyclic) bond motifs is 1. The minimum atomic E-state index is -1.11. The molecule has 2 aliphatic heterocycles. The lowest BCUT2D eigenvalue weighted by atomic mass is 10.0. The molecule has 3 aliphatic rings. The van der Waals surface area contributed by atoms with Crippen LogP contribution in [0.3, 0.4) is 0 Å².